The average molecular weight is 232 g/mol. The molecule has 90 valence electrons. The highest BCUT2D eigenvalue weighted by molar-refractivity contribution is 5.54. The minimum Gasteiger partial charge on any atom is -0.388 e. The summed E-state index contributed by atoms with van der Waals surface area (Å²) in [6.45, 7) is 1.51. The molecule has 1 fully saturated rings. The number of benzene rings is 1. The van der Waals surface area contributed by atoms with Crippen molar-refractivity contribution >= 4 is 5.94 Å². The van der Waals surface area contributed by atoms with Gasteiger partial charge in [-0.2, -0.15) is 0 Å². The molecule has 0 aliphatic carbocycles. The number of hydrogen-bond donors (Lipinski definition) is 3. The molecule has 1 aliphatic rings. The van der Waals surface area contributed by atoms with Crippen molar-refractivity contribution in [3.8, 4) is 0 Å². The highest BCUT2D eigenvalue weighted by Gasteiger charge is 2.22. The van der Waals surface area contributed by atoms with E-state index in [0.29, 0.717) is 12.1 Å². The van der Waals surface area contributed by atoms with Gasteiger partial charge < -0.3 is 15.7 Å². The van der Waals surface area contributed by atoms with Gasteiger partial charge in [-0.25, -0.2) is 4.79 Å². The summed E-state index contributed by atoms with van der Waals surface area (Å²) in [4.78, 5) is 10.7. The van der Waals surface area contributed by atoms with Crippen molar-refractivity contribution in [2.75, 3.05) is 13.1 Å². The van der Waals surface area contributed by atoms with E-state index in [0.717, 1.165) is 18.7 Å². The summed E-state index contributed by atoms with van der Waals surface area (Å²) in [6.07, 6.45) is -0.0985. The van der Waals surface area contributed by atoms with E-state index >= 15 is 0 Å². The molecule has 0 amide bonds. The molecule has 0 aromatic heterocycles. The van der Waals surface area contributed by atoms with E-state index in [2.05, 4.69) is 10.6 Å². The summed E-state index contributed by atoms with van der Waals surface area (Å²) in [6, 6.07) is 9.31. The lowest BCUT2D eigenvalue weighted by Crippen LogP contribution is -2.47. The van der Waals surface area contributed by atoms with E-state index in [1.54, 1.807) is 0 Å². The first-order valence-corrected chi connectivity index (χ1v) is 5.76. The molecule has 3 N–H and O–H groups in total. The Morgan fingerprint density at radius 1 is 1.35 bits per heavy atom. The van der Waals surface area contributed by atoms with Crippen LogP contribution in [0.3, 0.4) is 0 Å². The Morgan fingerprint density at radius 2 is 2.12 bits per heavy atom. The first-order chi connectivity index (χ1) is 8.31. The summed E-state index contributed by atoms with van der Waals surface area (Å²) in [7, 11) is 0. The Morgan fingerprint density at radius 3 is 2.82 bits per heavy atom. The van der Waals surface area contributed by atoms with Gasteiger partial charge in [-0.3, -0.25) is 0 Å². The first kappa shape index (κ1) is 11.9. The quantitative estimate of drug-likeness (QED) is 0.660. The van der Waals surface area contributed by atoms with Crippen LogP contribution in [-0.4, -0.2) is 30.2 Å². The van der Waals surface area contributed by atoms with E-state index in [9.17, 15) is 9.90 Å². The van der Waals surface area contributed by atoms with Crippen LogP contribution in [0.4, 0.5) is 0 Å². The highest BCUT2D eigenvalue weighted by atomic mass is 16.3. The summed E-state index contributed by atoms with van der Waals surface area (Å²) in [5, 5.41) is 16.3. The molecule has 0 spiro atoms. The van der Waals surface area contributed by atoms with Gasteiger partial charge in [-0.05, 0) is 12.0 Å². The standard InChI is InChI=1S/C13H16N2O2/c16-9-12-11(14-6-7-15-12)8-13(17)10-4-2-1-3-5-10/h1-5,11,13-15,17H,6-8H2. The molecule has 1 aliphatic heterocycles. The normalized spacial score (nSPS) is 21.5. The van der Waals surface area contributed by atoms with Gasteiger partial charge in [0.25, 0.3) is 0 Å². The van der Waals surface area contributed by atoms with Crippen LogP contribution in [0, 0.1) is 0 Å². The van der Waals surface area contributed by atoms with Gasteiger partial charge in [0.1, 0.15) is 11.6 Å². The molecular formula is C13H16N2O2. The lowest BCUT2D eigenvalue weighted by Gasteiger charge is -2.27. The Kier molecular flexibility index (Phi) is 3.94. The van der Waals surface area contributed by atoms with Crippen molar-refractivity contribution in [3.05, 3.63) is 41.6 Å². The molecule has 1 saturated heterocycles. The molecule has 17 heavy (non-hydrogen) atoms. The Labute approximate surface area is 100 Å². The summed E-state index contributed by atoms with van der Waals surface area (Å²) >= 11 is 0. The lowest BCUT2D eigenvalue weighted by atomic mass is 9.99. The second-order valence-electron chi connectivity index (χ2n) is 4.11. The molecule has 4 heteroatoms. The Balaban J connectivity index is 2.03. The fraction of sp³-hybridized carbons (Fsp3) is 0.385. The zero-order valence-electron chi connectivity index (χ0n) is 9.52. The number of aliphatic hydroxyl groups is 1. The number of piperazine rings is 1. The van der Waals surface area contributed by atoms with Crippen molar-refractivity contribution in [2.24, 2.45) is 0 Å². The molecule has 0 bridgehead atoms. The summed E-state index contributed by atoms with van der Waals surface area (Å²) < 4.78 is 0. The number of carbonyl (C=O) groups excluding carboxylic acids is 1. The minimum absolute atomic E-state index is 0.142. The van der Waals surface area contributed by atoms with Gasteiger partial charge in [0.15, 0.2) is 0 Å². The summed E-state index contributed by atoms with van der Waals surface area (Å²) in [5.41, 5.74) is 1.37. The highest BCUT2D eigenvalue weighted by Crippen LogP contribution is 2.20. The zero-order valence-corrected chi connectivity index (χ0v) is 9.52. The summed E-state index contributed by atoms with van der Waals surface area (Å²) in [5.74, 6) is 1.89. The van der Waals surface area contributed by atoms with Crippen LogP contribution < -0.4 is 10.6 Å². The molecular weight excluding hydrogens is 216 g/mol. The second-order valence-corrected chi connectivity index (χ2v) is 4.11. The van der Waals surface area contributed by atoms with Crippen LogP contribution in [0.25, 0.3) is 0 Å². The molecule has 1 aromatic carbocycles. The minimum atomic E-state index is -0.572. The SMILES string of the molecule is O=C=C1NCCNC1CC(O)c1ccccc1. The third-order valence-corrected chi connectivity index (χ3v) is 2.93. The molecule has 1 aromatic rings. The first-order valence-electron chi connectivity index (χ1n) is 5.76. The van der Waals surface area contributed by atoms with Crippen LogP contribution in [0.15, 0.2) is 36.0 Å². The van der Waals surface area contributed by atoms with Gasteiger partial charge in [-0.1, -0.05) is 30.3 Å². The van der Waals surface area contributed by atoms with E-state index in [4.69, 9.17) is 0 Å². The monoisotopic (exact) mass is 232 g/mol. The molecule has 2 rings (SSSR count). The fourth-order valence-electron chi connectivity index (χ4n) is 2.01. The maximum absolute atomic E-state index is 10.7. The number of hydrogen-bond acceptors (Lipinski definition) is 4. The molecule has 2 unspecified atom stereocenters. The van der Waals surface area contributed by atoms with Crippen molar-refractivity contribution in [1.82, 2.24) is 10.6 Å². The number of rotatable bonds is 3. The largest absolute Gasteiger partial charge is 0.388 e. The van der Waals surface area contributed by atoms with Crippen molar-refractivity contribution in [1.29, 1.82) is 0 Å². The van der Waals surface area contributed by atoms with Crippen LogP contribution in [0.5, 0.6) is 0 Å². The Bertz CT molecular complexity index is 413. The third kappa shape index (κ3) is 2.94. The van der Waals surface area contributed by atoms with Gasteiger partial charge >= 0.3 is 0 Å². The van der Waals surface area contributed by atoms with Crippen LogP contribution in [0.1, 0.15) is 18.1 Å². The predicted molar refractivity (Wildman–Crippen MR) is 65.0 cm³/mol. The maximum Gasteiger partial charge on any atom is 0.147 e. The van der Waals surface area contributed by atoms with Crippen LogP contribution >= 0.6 is 0 Å². The van der Waals surface area contributed by atoms with E-state index in [1.165, 1.54) is 0 Å². The van der Waals surface area contributed by atoms with E-state index in [1.807, 2.05) is 36.3 Å². The van der Waals surface area contributed by atoms with Gasteiger partial charge in [0, 0.05) is 13.1 Å². The molecule has 4 nitrogen and oxygen atoms in total. The van der Waals surface area contributed by atoms with Crippen molar-refractivity contribution < 1.29 is 9.90 Å². The van der Waals surface area contributed by atoms with Gasteiger partial charge in [0.05, 0.1) is 12.1 Å². The molecule has 0 radical (unpaired) electrons. The lowest BCUT2D eigenvalue weighted by molar-refractivity contribution is 0.153. The third-order valence-electron chi connectivity index (χ3n) is 2.93. The smallest absolute Gasteiger partial charge is 0.147 e. The number of aliphatic hydroxyl groups excluding tert-OH is 1. The maximum atomic E-state index is 10.7. The topological polar surface area (TPSA) is 61.4 Å². The molecule has 1 heterocycles. The number of nitrogens with one attached hydrogen (secondary N) is 2. The van der Waals surface area contributed by atoms with Gasteiger partial charge in [-0.15, -0.1) is 0 Å². The molecule has 2 atom stereocenters. The van der Waals surface area contributed by atoms with Crippen molar-refractivity contribution in [2.45, 2.75) is 18.6 Å². The van der Waals surface area contributed by atoms with Crippen LogP contribution in [0.2, 0.25) is 0 Å². The fourth-order valence-corrected chi connectivity index (χ4v) is 2.01. The van der Waals surface area contributed by atoms with Gasteiger partial charge in [0.2, 0.25) is 0 Å². The second kappa shape index (κ2) is 5.64. The average Bonchev–Trinajstić information content (AvgIpc) is 2.40. The molecule has 0 saturated carbocycles. The van der Waals surface area contributed by atoms with Crippen LogP contribution in [-0.2, 0) is 4.79 Å². The van der Waals surface area contributed by atoms with Crippen molar-refractivity contribution in [3.63, 3.8) is 0 Å². The van der Waals surface area contributed by atoms with E-state index in [-0.39, 0.29) is 6.04 Å². The predicted octanol–water partition coefficient (Wildman–Crippen LogP) is 0.387. The zero-order chi connectivity index (χ0) is 12.1. The Hall–Kier alpha value is -1.61. The van der Waals surface area contributed by atoms with E-state index < -0.39 is 6.10 Å².